The number of carbonyl (C=O) groups excluding carboxylic acids is 2. The molecule has 1 aliphatic carbocycles. The molecule has 6 heteroatoms. The van der Waals surface area contributed by atoms with Gasteiger partial charge in [-0.3, -0.25) is 9.59 Å². The lowest BCUT2D eigenvalue weighted by molar-refractivity contribution is -0.124. The van der Waals surface area contributed by atoms with Crippen molar-refractivity contribution >= 4 is 23.4 Å². The quantitative estimate of drug-likeness (QED) is 0.873. The highest BCUT2D eigenvalue weighted by molar-refractivity contribution is 6.31. The van der Waals surface area contributed by atoms with E-state index in [1.54, 1.807) is 12.1 Å². The van der Waals surface area contributed by atoms with E-state index in [2.05, 4.69) is 12.2 Å². The van der Waals surface area contributed by atoms with E-state index in [4.69, 9.17) is 22.1 Å². The van der Waals surface area contributed by atoms with Crippen molar-refractivity contribution in [1.82, 2.24) is 5.32 Å². The standard InChI is InChI=1S/C16H21ClN2O3/c1-10-4-2-3-5-13(10)19-15(20)9-22-14-7-6-11(17)8-12(14)16(18)21/h6-8,10,13H,2-5,9H2,1H3,(H2,18,21)(H,19,20)/t10-,13+/m1/s1. The second-order valence-electron chi connectivity index (χ2n) is 5.73. The van der Waals surface area contributed by atoms with Gasteiger partial charge in [0.25, 0.3) is 11.8 Å². The topological polar surface area (TPSA) is 81.4 Å². The van der Waals surface area contributed by atoms with Gasteiger partial charge in [-0.2, -0.15) is 0 Å². The molecule has 1 fully saturated rings. The Hall–Kier alpha value is -1.75. The molecule has 0 bridgehead atoms. The number of primary amides is 1. The van der Waals surface area contributed by atoms with Gasteiger partial charge in [0.05, 0.1) is 5.56 Å². The Bertz CT molecular complexity index is 562. The van der Waals surface area contributed by atoms with Crippen LogP contribution >= 0.6 is 11.6 Å². The van der Waals surface area contributed by atoms with Crippen LogP contribution in [0, 0.1) is 5.92 Å². The third-order valence-corrected chi connectivity index (χ3v) is 4.26. The zero-order chi connectivity index (χ0) is 16.1. The highest BCUT2D eigenvalue weighted by atomic mass is 35.5. The molecule has 0 aliphatic heterocycles. The van der Waals surface area contributed by atoms with Crippen LogP contribution in [0.2, 0.25) is 5.02 Å². The van der Waals surface area contributed by atoms with Gasteiger partial charge in [0.2, 0.25) is 0 Å². The maximum Gasteiger partial charge on any atom is 0.258 e. The summed E-state index contributed by atoms with van der Waals surface area (Å²) in [7, 11) is 0. The van der Waals surface area contributed by atoms with Crippen LogP contribution in [0.3, 0.4) is 0 Å². The molecular weight excluding hydrogens is 304 g/mol. The number of hydrogen-bond donors (Lipinski definition) is 2. The predicted molar refractivity (Wildman–Crippen MR) is 85.0 cm³/mol. The van der Waals surface area contributed by atoms with Gasteiger partial charge in [0, 0.05) is 11.1 Å². The minimum atomic E-state index is -0.640. The molecule has 0 radical (unpaired) electrons. The maximum atomic E-state index is 12.0. The molecule has 1 saturated carbocycles. The van der Waals surface area contributed by atoms with Crippen LogP contribution in [0.1, 0.15) is 43.0 Å². The first-order valence-electron chi connectivity index (χ1n) is 7.49. The molecular formula is C16H21ClN2O3. The van der Waals surface area contributed by atoms with Crippen LogP contribution in [0.4, 0.5) is 0 Å². The molecule has 0 aromatic heterocycles. The van der Waals surface area contributed by atoms with Crippen LogP contribution in [-0.2, 0) is 4.79 Å². The summed E-state index contributed by atoms with van der Waals surface area (Å²) in [5, 5.41) is 3.38. The molecule has 0 unspecified atom stereocenters. The van der Waals surface area contributed by atoms with Crippen molar-refractivity contribution in [3.05, 3.63) is 28.8 Å². The molecule has 22 heavy (non-hydrogen) atoms. The molecule has 2 rings (SSSR count). The van der Waals surface area contributed by atoms with Gasteiger partial charge in [-0.05, 0) is 37.0 Å². The van der Waals surface area contributed by atoms with Crippen molar-refractivity contribution in [3.8, 4) is 5.75 Å². The Kier molecular flexibility index (Phi) is 5.66. The number of hydrogen-bond acceptors (Lipinski definition) is 3. The average molecular weight is 325 g/mol. The summed E-state index contributed by atoms with van der Waals surface area (Å²) < 4.78 is 5.42. The van der Waals surface area contributed by atoms with Crippen LogP contribution in [0.5, 0.6) is 5.75 Å². The zero-order valence-electron chi connectivity index (χ0n) is 12.6. The van der Waals surface area contributed by atoms with Gasteiger partial charge in [0.1, 0.15) is 5.75 Å². The van der Waals surface area contributed by atoms with E-state index in [0.717, 1.165) is 19.3 Å². The number of amides is 2. The molecule has 2 amide bonds. The molecule has 2 atom stereocenters. The van der Waals surface area contributed by atoms with Crippen molar-refractivity contribution in [3.63, 3.8) is 0 Å². The molecule has 5 nitrogen and oxygen atoms in total. The SMILES string of the molecule is C[C@@H]1CCCC[C@@H]1NC(=O)COc1ccc(Cl)cc1C(N)=O. The lowest BCUT2D eigenvalue weighted by Crippen LogP contribution is -2.43. The lowest BCUT2D eigenvalue weighted by Gasteiger charge is -2.29. The van der Waals surface area contributed by atoms with Crippen LogP contribution in [-0.4, -0.2) is 24.5 Å². The Labute approximate surface area is 135 Å². The number of halogens is 1. The van der Waals surface area contributed by atoms with Gasteiger partial charge in [-0.1, -0.05) is 31.4 Å². The molecule has 1 aromatic carbocycles. The molecule has 1 aromatic rings. The lowest BCUT2D eigenvalue weighted by atomic mass is 9.86. The van der Waals surface area contributed by atoms with E-state index in [9.17, 15) is 9.59 Å². The van der Waals surface area contributed by atoms with E-state index in [0.29, 0.717) is 10.9 Å². The normalized spacial score (nSPS) is 21.2. The Balaban J connectivity index is 1.92. The molecule has 0 spiro atoms. The van der Waals surface area contributed by atoms with Gasteiger partial charge in [0.15, 0.2) is 6.61 Å². The average Bonchev–Trinajstić information content (AvgIpc) is 2.48. The monoisotopic (exact) mass is 324 g/mol. The minimum Gasteiger partial charge on any atom is -0.483 e. The first kappa shape index (κ1) is 16.6. The van der Waals surface area contributed by atoms with Gasteiger partial charge in [-0.25, -0.2) is 0 Å². The highest BCUT2D eigenvalue weighted by Crippen LogP contribution is 2.24. The van der Waals surface area contributed by atoms with Crippen molar-refractivity contribution in [2.75, 3.05) is 6.61 Å². The first-order chi connectivity index (χ1) is 10.5. The fourth-order valence-electron chi connectivity index (χ4n) is 2.74. The van der Waals surface area contributed by atoms with E-state index < -0.39 is 5.91 Å². The van der Waals surface area contributed by atoms with Crippen LogP contribution < -0.4 is 15.8 Å². The van der Waals surface area contributed by atoms with E-state index >= 15 is 0 Å². The summed E-state index contributed by atoms with van der Waals surface area (Å²) in [4.78, 5) is 23.4. The molecule has 120 valence electrons. The Morgan fingerprint density at radius 3 is 2.77 bits per heavy atom. The largest absolute Gasteiger partial charge is 0.483 e. The van der Waals surface area contributed by atoms with Crippen molar-refractivity contribution < 1.29 is 14.3 Å². The number of nitrogens with one attached hydrogen (secondary N) is 1. The summed E-state index contributed by atoms with van der Waals surface area (Å²) in [6.07, 6.45) is 4.49. The van der Waals surface area contributed by atoms with E-state index in [-0.39, 0.29) is 29.9 Å². The summed E-state index contributed by atoms with van der Waals surface area (Å²) in [5.74, 6) is -0.0823. The smallest absolute Gasteiger partial charge is 0.258 e. The van der Waals surface area contributed by atoms with Gasteiger partial charge < -0.3 is 15.8 Å². The summed E-state index contributed by atoms with van der Waals surface area (Å²) in [6.45, 7) is 2.00. The first-order valence-corrected chi connectivity index (χ1v) is 7.86. The van der Waals surface area contributed by atoms with Crippen molar-refractivity contribution in [1.29, 1.82) is 0 Å². The number of carbonyl (C=O) groups is 2. The van der Waals surface area contributed by atoms with Crippen LogP contribution in [0.15, 0.2) is 18.2 Å². The van der Waals surface area contributed by atoms with Crippen molar-refractivity contribution in [2.45, 2.75) is 38.6 Å². The van der Waals surface area contributed by atoms with Gasteiger partial charge in [-0.15, -0.1) is 0 Å². The fourth-order valence-corrected chi connectivity index (χ4v) is 2.92. The molecule has 0 heterocycles. The second-order valence-corrected chi connectivity index (χ2v) is 6.17. The summed E-state index contributed by atoms with van der Waals surface area (Å²) in [5.41, 5.74) is 5.45. The van der Waals surface area contributed by atoms with Crippen molar-refractivity contribution in [2.24, 2.45) is 11.7 Å². The number of nitrogens with two attached hydrogens (primary N) is 1. The number of ether oxygens (including phenoxy) is 1. The highest BCUT2D eigenvalue weighted by Gasteiger charge is 2.23. The zero-order valence-corrected chi connectivity index (χ0v) is 13.4. The molecule has 0 saturated heterocycles. The van der Waals surface area contributed by atoms with E-state index in [1.807, 2.05) is 0 Å². The number of benzene rings is 1. The van der Waals surface area contributed by atoms with Crippen LogP contribution in [0.25, 0.3) is 0 Å². The van der Waals surface area contributed by atoms with E-state index in [1.165, 1.54) is 12.5 Å². The Morgan fingerprint density at radius 1 is 1.36 bits per heavy atom. The number of rotatable bonds is 5. The summed E-state index contributed by atoms with van der Waals surface area (Å²) >= 11 is 5.83. The third-order valence-electron chi connectivity index (χ3n) is 4.02. The van der Waals surface area contributed by atoms with Gasteiger partial charge >= 0.3 is 0 Å². The molecule has 3 N–H and O–H groups in total. The fraction of sp³-hybridized carbons (Fsp3) is 0.500. The Morgan fingerprint density at radius 2 is 2.09 bits per heavy atom. The second kappa shape index (κ2) is 7.49. The maximum absolute atomic E-state index is 12.0. The summed E-state index contributed by atoms with van der Waals surface area (Å²) in [6, 6.07) is 4.76. The predicted octanol–water partition coefficient (Wildman–Crippen LogP) is 2.51. The molecule has 1 aliphatic rings. The minimum absolute atomic E-state index is 0.148. The third kappa shape index (κ3) is 4.37.